The first kappa shape index (κ1) is 17.0. The summed E-state index contributed by atoms with van der Waals surface area (Å²) in [5.41, 5.74) is 4.33. The fourth-order valence-corrected chi connectivity index (χ4v) is 3.82. The molecule has 0 saturated heterocycles. The van der Waals surface area contributed by atoms with E-state index in [0.717, 1.165) is 27.8 Å². The van der Waals surface area contributed by atoms with Gasteiger partial charge in [-0.25, -0.2) is 0 Å². The first-order chi connectivity index (χ1) is 13.1. The lowest BCUT2D eigenvalue weighted by Gasteiger charge is -2.28. The normalized spacial score (nSPS) is 13.0. The van der Waals surface area contributed by atoms with E-state index in [-0.39, 0.29) is 5.78 Å². The van der Waals surface area contributed by atoms with Crippen LogP contribution in [0.1, 0.15) is 39.0 Å². The van der Waals surface area contributed by atoms with E-state index in [9.17, 15) is 10.1 Å². The number of aryl methyl sites for hydroxylation is 1. The van der Waals surface area contributed by atoms with Gasteiger partial charge in [0.15, 0.2) is 5.78 Å². The van der Waals surface area contributed by atoms with Crippen LogP contribution in [0, 0.1) is 18.3 Å². The Balaban J connectivity index is 1.83. The van der Waals surface area contributed by atoms with Crippen LogP contribution in [0.4, 0.5) is 0 Å². The summed E-state index contributed by atoms with van der Waals surface area (Å²) in [5, 5.41) is 10.3. The van der Waals surface area contributed by atoms with Crippen LogP contribution in [0.5, 0.6) is 0 Å². The van der Waals surface area contributed by atoms with Crippen molar-refractivity contribution in [1.29, 1.82) is 5.26 Å². The number of hydrogen-bond donors (Lipinski definition) is 0. The SMILES string of the molecule is Cc1ccc2c(c1)C(=O)C(CC(C#N)(c1ccccc1)c1ccccc1)=C2. The third-order valence-electron chi connectivity index (χ3n) is 5.25. The molecule has 0 heterocycles. The van der Waals surface area contributed by atoms with E-state index >= 15 is 0 Å². The van der Waals surface area contributed by atoms with Gasteiger partial charge in [-0.3, -0.25) is 4.79 Å². The van der Waals surface area contributed by atoms with Crippen molar-refractivity contribution in [3.63, 3.8) is 0 Å². The number of carbonyl (C=O) groups is 1. The summed E-state index contributed by atoms with van der Waals surface area (Å²) in [5.74, 6) is 0.0280. The highest BCUT2D eigenvalue weighted by atomic mass is 16.1. The molecule has 1 aliphatic carbocycles. The van der Waals surface area contributed by atoms with E-state index in [0.29, 0.717) is 12.0 Å². The maximum absolute atomic E-state index is 13.0. The number of nitrogens with zero attached hydrogens (tertiary/aromatic N) is 1. The Labute approximate surface area is 159 Å². The molecule has 0 spiro atoms. The number of nitriles is 1. The average Bonchev–Trinajstić information content (AvgIpc) is 3.02. The third-order valence-corrected chi connectivity index (χ3v) is 5.25. The van der Waals surface area contributed by atoms with Crippen molar-refractivity contribution in [2.45, 2.75) is 18.8 Å². The number of benzene rings is 3. The average molecular weight is 349 g/mol. The van der Waals surface area contributed by atoms with Gasteiger partial charge >= 0.3 is 0 Å². The maximum Gasteiger partial charge on any atom is 0.189 e. The molecule has 0 fully saturated rings. The van der Waals surface area contributed by atoms with Crippen molar-refractivity contribution in [2.75, 3.05) is 0 Å². The summed E-state index contributed by atoms with van der Waals surface area (Å²) in [6.45, 7) is 1.99. The predicted molar refractivity (Wildman–Crippen MR) is 107 cm³/mol. The molecule has 0 saturated carbocycles. The molecule has 130 valence electrons. The fourth-order valence-electron chi connectivity index (χ4n) is 3.82. The summed E-state index contributed by atoms with van der Waals surface area (Å²) >= 11 is 0. The van der Waals surface area contributed by atoms with Crippen LogP contribution in [-0.2, 0) is 5.41 Å². The molecule has 3 aromatic rings. The molecule has 0 atom stereocenters. The topological polar surface area (TPSA) is 40.9 Å². The smallest absolute Gasteiger partial charge is 0.189 e. The van der Waals surface area contributed by atoms with Gasteiger partial charge in [0, 0.05) is 17.6 Å². The number of carbonyl (C=O) groups excluding carboxylic acids is 1. The van der Waals surface area contributed by atoms with Crippen molar-refractivity contribution in [1.82, 2.24) is 0 Å². The molecule has 2 heteroatoms. The van der Waals surface area contributed by atoms with E-state index < -0.39 is 5.41 Å². The van der Waals surface area contributed by atoms with E-state index in [2.05, 4.69) is 6.07 Å². The van der Waals surface area contributed by atoms with Gasteiger partial charge in [-0.2, -0.15) is 5.26 Å². The minimum Gasteiger partial charge on any atom is -0.289 e. The van der Waals surface area contributed by atoms with Gasteiger partial charge in [-0.1, -0.05) is 78.4 Å². The highest BCUT2D eigenvalue weighted by Crippen LogP contribution is 2.41. The second kappa shape index (κ2) is 6.70. The van der Waals surface area contributed by atoms with Crippen molar-refractivity contribution in [2.24, 2.45) is 0 Å². The van der Waals surface area contributed by atoms with Gasteiger partial charge in [0.05, 0.1) is 6.07 Å². The lowest BCUT2D eigenvalue weighted by Crippen LogP contribution is -2.27. The Hall–Kier alpha value is -3.44. The van der Waals surface area contributed by atoms with Crippen molar-refractivity contribution >= 4 is 11.9 Å². The predicted octanol–water partition coefficient (Wildman–Crippen LogP) is 5.47. The summed E-state index contributed by atoms with van der Waals surface area (Å²) in [7, 11) is 0. The lowest BCUT2D eigenvalue weighted by atomic mass is 9.71. The van der Waals surface area contributed by atoms with Crippen LogP contribution < -0.4 is 0 Å². The Morgan fingerprint density at radius 1 is 0.889 bits per heavy atom. The monoisotopic (exact) mass is 349 g/mol. The van der Waals surface area contributed by atoms with Crippen LogP contribution in [0.2, 0.25) is 0 Å². The van der Waals surface area contributed by atoms with E-state index in [4.69, 9.17) is 0 Å². The Bertz CT molecular complexity index is 1030. The Morgan fingerprint density at radius 2 is 1.48 bits per heavy atom. The minimum atomic E-state index is -0.902. The summed E-state index contributed by atoms with van der Waals surface area (Å²) in [4.78, 5) is 13.0. The van der Waals surface area contributed by atoms with Crippen LogP contribution in [0.25, 0.3) is 6.08 Å². The summed E-state index contributed by atoms with van der Waals surface area (Å²) in [6, 6.07) is 28.0. The molecule has 0 aliphatic heterocycles. The Morgan fingerprint density at radius 3 is 2.04 bits per heavy atom. The number of fused-ring (bicyclic) bond motifs is 1. The molecule has 4 rings (SSSR count). The van der Waals surface area contributed by atoms with Gasteiger partial charge in [0.2, 0.25) is 0 Å². The van der Waals surface area contributed by atoms with E-state index in [1.165, 1.54) is 0 Å². The van der Waals surface area contributed by atoms with E-state index in [1.807, 2.05) is 91.9 Å². The molecule has 0 unspecified atom stereocenters. The quantitative estimate of drug-likeness (QED) is 0.626. The molecular formula is C25H19NO. The molecule has 3 aromatic carbocycles. The zero-order valence-corrected chi connectivity index (χ0v) is 15.1. The maximum atomic E-state index is 13.0. The van der Waals surface area contributed by atoms with Gasteiger partial charge in [0.1, 0.15) is 5.41 Å². The molecule has 0 amide bonds. The second-order valence-electron chi connectivity index (χ2n) is 7.02. The van der Waals surface area contributed by atoms with Gasteiger partial charge < -0.3 is 0 Å². The number of Topliss-reactive ketones (excluding diaryl/α,β-unsaturated/α-hetero) is 1. The molecule has 0 bridgehead atoms. The van der Waals surface area contributed by atoms with Crippen LogP contribution in [0.3, 0.4) is 0 Å². The first-order valence-corrected chi connectivity index (χ1v) is 9.02. The third kappa shape index (κ3) is 2.88. The molecule has 1 aliphatic rings. The van der Waals surface area contributed by atoms with Gasteiger partial charge in [-0.15, -0.1) is 0 Å². The molecule has 0 radical (unpaired) electrons. The summed E-state index contributed by atoms with van der Waals surface area (Å²) in [6.07, 6.45) is 2.29. The zero-order chi connectivity index (χ0) is 18.9. The van der Waals surface area contributed by atoms with Crippen LogP contribution in [0.15, 0.2) is 84.4 Å². The summed E-state index contributed by atoms with van der Waals surface area (Å²) < 4.78 is 0. The largest absolute Gasteiger partial charge is 0.289 e. The van der Waals surface area contributed by atoms with Crippen LogP contribution >= 0.6 is 0 Å². The van der Waals surface area contributed by atoms with Crippen LogP contribution in [-0.4, -0.2) is 5.78 Å². The zero-order valence-electron chi connectivity index (χ0n) is 15.1. The highest BCUT2D eigenvalue weighted by Gasteiger charge is 2.38. The molecular weight excluding hydrogens is 330 g/mol. The molecule has 0 N–H and O–H groups in total. The molecule has 0 aromatic heterocycles. The number of hydrogen-bond acceptors (Lipinski definition) is 2. The van der Waals surface area contributed by atoms with Gasteiger partial charge in [-0.05, 0) is 35.8 Å². The molecule has 27 heavy (non-hydrogen) atoms. The number of ketones is 1. The van der Waals surface area contributed by atoms with Crippen molar-refractivity contribution in [3.05, 3.63) is 112 Å². The highest BCUT2D eigenvalue weighted by molar-refractivity contribution is 6.18. The van der Waals surface area contributed by atoms with Gasteiger partial charge in [0.25, 0.3) is 0 Å². The number of allylic oxidation sites excluding steroid dienone is 1. The number of rotatable bonds is 4. The standard InChI is InChI=1S/C25H19NO/c1-18-12-13-19-15-20(24(27)23(19)14-18)16-25(17-26,21-8-4-2-5-9-21)22-10-6-3-7-11-22/h2-15H,16H2,1H3. The fraction of sp³-hybridized carbons (Fsp3) is 0.120. The minimum absolute atomic E-state index is 0.0280. The molecule has 2 nitrogen and oxygen atoms in total. The lowest BCUT2D eigenvalue weighted by molar-refractivity contribution is 0.103. The van der Waals surface area contributed by atoms with Crippen molar-refractivity contribution < 1.29 is 4.79 Å². The second-order valence-corrected chi connectivity index (χ2v) is 7.02. The Kier molecular flexibility index (Phi) is 4.22. The van der Waals surface area contributed by atoms with E-state index in [1.54, 1.807) is 0 Å². The van der Waals surface area contributed by atoms with Crippen molar-refractivity contribution in [3.8, 4) is 6.07 Å². The first-order valence-electron chi connectivity index (χ1n) is 9.02.